The third kappa shape index (κ3) is 4.22. The van der Waals surface area contributed by atoms with E-state index in [-0.39, 0.29) is 24.6 Å². The van der Waals surface area contributed by atoms with Gasteiger partial charge < -0.3 is 9.84 Å². The monoisotopic (exact) mass is 260 g/mol. The van der Waals surface area contributed by atoms with Gasteiger partial charge in [0.25, 0.3) is 10.2 Å². The van der Waals surface area contributed by atoms with E-state index in [9.17, 15) is 13.5 Å². The van der Waals surface area contributed by atoms with Crippen molar-refractivity contribution in [1.29, 1.82) is 0 Å². The summed E-state index contributed by atoms with van der Waals surface area (Å²) in [4.78, 5) is 0. The lowest BCUT2D eigenvalue weighted by Crippen LogP contribution is -2.32. The van der Waals surface area contributed by atoms with Gasteiger partial charge >= 0.3 is 0 Å². The number of rotatable bonds is 6. The summed E-state index contributed by atoms with van der Waals surface area (Å²) in [5, 5.41) is 9.65. The van der Waals surface area contributed by atoms with Crippen LogP contribution in [0.25, 0.3) is 0 Å². The molecule has 1 rings (SSSR count). The third-order valence-electron chi connectivity index (χ3n) is 2.08. The first-order valence-corrected chi connectivity index (χ1v) is 6.49. The largest absolute Gasteiger partial charge is 0.505 e. The molecule has 6 nitrogen and oxygen atoms in total. The van der Waals surface area contributed by atoms with Crippen LogP contribution in [0.5, 0.6) is 5.75 Å². The Kier molecular flexibility index (Phi) is 4.73. The number of benzene rings is 1. The Labute approximate surface area is 101 Å². The summed E-state index contributed by atoms with van der Waals surface area (Å²) in [6, 6.07) is 4.82. The van der Waals surface area contributed by atoms with Crippen LogP contribution in [-0.2, 0) is 14.9 Å². The average molecular weight is 260 g/mol. The molecule has 0 amide bonds. The minimum Gasteiger partial charge on any atom is -0.505 e. The van der Waals surface area contributed by atoms with Gasteiger partial charge in [-0.1, -0.05) is 12.1 Å². The quantitative estimate of drug-likeness (QED) is 0.516. The molecule has 1 aromatic rings. The summed E-state index contributed by atoms with van der Waals surface area (Å²) in [7, 11) is -2.21. The van der Waals surface area contributed by atoms with Crippen LogP contribution in [-0.4, -0.2) is 33.8 Å². The van der Waals surface area contributed by atoms with Crippen LogP contribution >= 0.6 is 0 Å². The standard InChI is InChI=1S/C10H16N2O4S/c1-8-4-3-5-9(10(8)13)12-17(14,15)11-6-7-16-2/h3-5,11-13H,6-7H2,1-2H3. The Morgan fingerprint density at radius 1 is 1.41 bits per heavy atom. The smallest absolute Gasteiger partial charge is 0.299 e. The number of anilines is 1. The van der Waals surface area contributed by atoms with Gasteiger partial charge in [0.2, 0.25) is 0 Å². The number of nitrogens with one attached hydrogen (secondary N) is 2. The third-order valence-corrected chi connectivity index (χ3v) is 3.15. The molecule has 0 saturated carbocycles. The topological polar surface area (TPSA) is 87.7 Å². The molecule has 0 aliphatic heterocycles. The van der Waals surface area contributed by atoms with Crippen molar-refractivity contribution in [3.63, 3.8) is 0 Å². The van der Waals surface area contributed by atoms with E-state index in [0.717, 1.165) is 0 Å². The zero-order chi connectivity index (χ0) is 12.9. The highest BCUT2D eigenvalue weighted by molar-refractivity contribution is 7.90. The van der Waals surface area contributed by atoms with Crippen LogP contribution in [0.2, 0.25) is 0 Å². The lowest BCUT2D eigenvalue weighted by molar-refractivity contribution is 0.204. The summed E-state index contributed by atoms with van der Waals surface area (Å²) in [6.45, 7) is 2.13. The van der Waals surface area contributed by atoms with Crippen molar-refractivity contribution >= 4 is 15.9 Å². The van der Waals surface area contributed by atoms with Crippen LogP contribution < -0.4 is 9.44 Å². The number of phenols is 1. The minimum atomic E-state index is -3.69. The molecule has 0 radical (unpaired) electrons. The first-order valence-electron chi connectivity index (χ1n) is 5.01. The predicted octanol–water partition coefficient (Wildman–Crippen LogP) is 0.593. The van der Waals surface area contributed by atoms with Gasteiger partial charge in [-0.15, -0.1) is 0 Å². The Morgan fingerprint density at radius 2 is 2.12 bits per heavy atom. The fraction of sp³-hybridized carbons (Fsp3) is 0.400. The number of aromatic hydroxyl groups is 1. The first-order chi connectivity index (χ1) is 7.96. The zero-order valence-corrected chi connectivity index (χ0v) is 10.5. The number of ether oxygens (including phenoxy) is 1. The van der Waals surface area contributed by atoms with Crippen molar-refractivity contribution in [2.45, 2.75) is 6.92 Å². The van der Waals surface area contributed by atoms with Gasteiger partial charge in [0.1, 0.15) is 5.75 Å². The fourth-order valence-corrected chi connectivity index (χ4v) is 2.08. The molecule has 0 bridgehead atoms. The summed E-state index contributed by atoms with van der Waals surface area (Å²) in [6.07, 6.45) is 0. The number of para-hydroxylation sites is 1. The van der Waals surface area contributed by atoms with Crippen molar-refractivity contribution in [2.75, 3.05) is 25.0 Å². The molecule has 0 saturated heterocycles. The van der Waals surface area contributed by atoms with Gasteiger partial charge in [-0.3, -0.25) is 4.72 Å². The van der Waals surface area contributed by atoms with E-state index < -0.39 is 10.2 Å². The number of aryl methyl sites for hydroxylation is 1. The number of hydrogen-bond donors (Lipinski definition) is 3. The molecule has 0 aliphatic carbocycles. The summed E-state index contributed by atoms with van der Waals surface area (Å²) >= 11 is 0. The minimum absolute atomic E-state index is 0.0791. The average Bonchev–Trinajstić information content (AvgIpc) is 2.25. The molecular formula is C10H16N2O4S. The van der Waals surface area contributed by atoms with Gasteiger partial charge in [0, 0.05) is 13.7 Å². The van der Waals surface area contributed by atoms with Crippen LogP contribution in [0, 0.1) is 6.92 Å². The first kappa shape index (κ1) is 13.8. The molecule has 96 valence electrons. The van der Waals surface area contributed by atoms with Crippen molar-refractivity contribution in [1.82, 2.24) is 4.72 Å². The molecule has 0 aromatic heterocycles. The van der Waals surface area contributed by atoms with Crippen molar-refractivity contribution in [3.05, 3.63) is 23.8 Å². The van der Waals surface area contributed by atoms with Crippen LogP contribution in [0.15, 0.2) is 18.2 Å². The highest BCUT2D eigenvalue weighted by Crippen LogP contribution is 2.26. The van der Waals surface area contributed by atoms with Crippen molar-refractivity contribution < 1.29 is 18.3 Å². The highest BCUT2D eigenvalue weighted by atomic mass is 32.2. The molecule has 0 unspecified atom stereocenters. The Bertz CT molecular complexity index is 473. The maximum atomic E-state index is 11.5. The highest BCUT2D eigenvalue weighted by Gasteiger charge is 2.12. The SMILES string of the molecule is COCCNS(=O)(=O)Nc1cccc(C)c1O. The molecule has 1 aromatic carbocycles. The van der Waals surface area contributed by atoms with Gasteiger partial charge in [-0.25, -0.2) is 0 Å². The molecule has 3 N–H and O–H groups in total. The zero-order valence-electron chi connectivity index (χ0n) is 9.73. The van der Waals surface area contributed by atoms with Gasteiger partial charge in [-0.05, 0) is 18.6 Å². The molecule has 0 spiro atoms. The van der Waals surface area contributed by atoms with E-state index in [0.29, 0.717) is 5.56 Å². The maximum Gasteiger partial charge on any atom is 0.299 e. The number of methoxy groups -OCH3 is 1. The lowest BCUT2D eigenvalue weighted by Gasteiger charge is -2.11. The Hall–Kier alpha value is -1.31. The fourth-order valence-electron chi connectivity index (χ4n) is 1.20. The Balaban J connectivity index is 2.73. The normalized spacial score (nSPS) is 11.4. The van der Waals surface area contributed by atoms with E-state index in [2.05, 4.69) is 9.44 Å². The van der Waals surface area contributed by atoms with Gasteiger partial charge in [0.05, 0.1) is 12.3 Å². The van der Waals surface area contributed by atoms with Crippen LogP contribution in [0.4, 0.5) is 5.69 Å². The van der Waals surface area contributed by atoms with E-state index >= 15 is 0 Å². The number of hydrogen-bond acceptors (Lipinski definition) is 4. The van der Waals surface area contributed by atoms with Gasteiger partial charge in [0.15, 0.2) is 0 Å². The molecule has 0 aliphatic rings. The second kappa shape index (κ2) is 5.85. The van der Waals surface area contributed by atoms with E-state index in [4.69, 9.17) is 4.74 Å². The number of phenolic OH excluding ortho intramolecular Hbond substituents is 1. The lowest BCUT2D eigenvalue weighted by atomic mass is 10.2. The van der Waals surface area contributed by atoms with Gasteiger partial charge in [-0.2, -0.15) is 13.1 Å². The summed E-state index contributed by atoms with van der Waals surface area (Å²) < 4.78 is 32.3. The molecule has 0 heterocycles. The van der Waals surface area contributed by atoms with Crippen LogP contribution in [0.3, 0.4) is 0 Å². The molecule has 0 fully saturated rings. The van der Waals surface area contributed by atoms with Crippen molar-refractivity contribution in [2.24, 2.45) is 0 Å². The van der Waals surface area contributed by atoms with E-state index in [1.165, 1.54) is 13.2 Å². The molecule has 0 atom stereocenters. The predicted molar refractivity (Wildman–Crippen MR) is 65.3 cm³/mol. The summed E-state index contributed by atoms with van der Waals surface area (Å²) in [5.41, 5.74) is 0.747. The second-order valence-electron chi connectivity index (χ2n) is 3.46. The maximum absolute atomic E-state index is 11.5. The Morgan fingerprint density at radius 3 is 2.76 bits per heavy atom. The van der Waals surface area contributed by atoms with E-state index in [1.54, 1.807) is 19.1 Å². The summed E-state index contributed by atoms with van der Waals surface area (Å²) in [5.74, 6) is -0.0791. The van der Waals surface area contributed by atoms with Crippen LogP contribution in [0.1, 0.15) is 5.56 Å². The molecule has 17 heavy (non-hydrogen) atoms. The van der Waals surface area contributed by atoms with E-state index in [1.807, 2.05) is 0 Å². The van der Waals surface area contributed by atoms with Crippen molar-refractivity contribution in [3.8, 4) is 5.75 Å². The molecular weight excluding hydrogens is 244 g/mol. The molecule has 7 heteroatoms. The second-order valence-corrected chi connectivity index (χ2v) is 4.96.